The van der Waals surface area contributed by atoms with Gasteiger partial charge in [0.25, 0.3) is 0 Å². The minimum absolute atomic E-state index is 0.828. The van der Waals surface area contributed by atoms with Crippen molar-refractivity contribution in [2.24, 2.45) is 0 Å². The van der Waals surface area contributed by atoms with Crippen molar-refractivity contribution in [1.29, 1.82) is 0 Å². The first kappa shape index (κ1) is 9.87. The zero-order valence-electron chi connectivity index (χ0n) is 6.57. The van der Waals surface area contributed by atoms with Gasteiger partial charge in [0, 0.05) is 4.95 Å². The minimum Gasteiger partial charge on any atom is -0.457 e. The number of hydrogen-bond acceptors (Lipinski definition) is 1. The molecule has 0 heterocycles. The monoisotopic (exact) mass is 226 g/mol. The van der Waals surface area contributed by atoms with Crippen molar-refractivity contribution in [3.05, 3.63) is 0 Å². The molecular formula is C5H15BrOSi2. The topological polar surface area (TPSA) is 9.23 Å². The lowest BCUT2D eigenvalue weighted by Gasteiger charge is -2.21. The van der Waals surface area contributed by atoms with Gasteiger partial charge in [-0.05, 0) is 26.2 Å². The average Bonchev–Trinajstić information content (AvgIpc) is 1.62. The fraction of sp³-hybridized carbons (Fsp3) is 1.00. The molecule has 4 heteroatoms. The van der Waals surface area contributed by atoms with E-state index < -0.39 is 17.4 Å². The average molecular weight is 227 g/mol. The molecular weight excluding hydrogens is 212 g/mol. The summed E-state index contributed by atoms with van der Waals surface area (Å²) in [7, 11) is -2.04. The van der Waals surface area contributed by atoms with Gasteiger partial charge in [-0.1, -0.05) is 15.9 Å². The van der Waals surface area contributed by atoms with Gasteiger partial charge in [-0.2, -0.15) is 0 Å². The van der Waals surface area contributed by atoms with Gasteiger partial charge in [0.05, 0.1) is 0 Å². The summed E-state index contributed by atoms with van der Waals surface area (Å²) < 4.78 is 5.82. The van der Waals surface area contributed by atoms with Gasteiger partial charge in [-0.25, -0.2) is 0 Å². The van der Waals surface area contributed by atoms with E-state index in [1.807, 2.05) is 0 Å². The first-order chi connectivity index (χ1) is 3.95. The van der Waals surface area contributed by atoms with Crippen LogP contribution in [0.25, 0.3) is 0 Å². The quantitative estimate of drug-likeness (QED) is 0.530. The maximum absolute atomic E-state index is 5.82. The van der Waals surface area contributed by atoms with Crippen molar-refractivity contribution < 1.29 is 4.12 Å². The lowest BCUT2D eigenvalue weighted by molar-refractivity contribution is 0.582. The SMILES string of the molecule is C[SiH](CBr)O[Si](C)(C)C. The van der Waals surface area contributed by atoms with Crippen molar-refractivity contribution in [3.8, 4) is 0 Å². The highest BCUT2D eigenvalue weighted by Crippen LogP contribution is 2.05. The van der Waals surface area contributed by atoms with E-state index >= 15 is 0 Å². The van der Waals surface area contributed by atoms with E-state index in [1.54, 1.807) is 0 Å². The number of hydrogen-bond donors (Lipinski definition) is 0. The summed E-state index contributed by atoms with van der Waals surface area (Å²) in [4.78, 5) is 1.08. The summed E-state index contributed by atoms with van der Waals surface area (Å²) in [5, 5.41) is 0. The maximum atomic E-state index is 5.82. The Bertz CT molecular complexity index is 81.5. The van der Waals surface area contributed by atoms with Crippen LogP contribution in [0.4, 0.5) is 0 Å². The van der Waals surface area contributed by atoms with Crippen molar-refractivity contribution in [1.82, 2.24) is 0 Å². The van der Waals surface area contributed by atoms with Crippen LogP contribution in [0.2, 0.25) is 26.2 Å². The van der Waals surface area contributed by atoms with Crippen LogP contribution in [0.15, 0.2) is 0 Å². The summed E-state index contributed by atoms with van der Waals surface area (Å²) in [6, 6.07) is 0. The second-order valence-electron chi connectivity index (χ2n) is 3.20. The molecule has 1 nitrogen and oxygen atoms in total. The molecule has 0 aromatic carbocycles. The van der Waals surface area contributed by atoms with E-state index in [4.69, 9.17) is 4.12 Å². The Morgan fingerprint density at radius 3 is 2.00 bits per heavy atom. The van der Waals surface area contributed by atoms with Crippen LogP contribution in [0, 0.1) is 0 Å². The Hall–Kier alpha value is 0.874. The Morgan fingerprint density at radius 1 is 1.44 bits per heavy atom. The number of rotatable bonds is 3. The van der Waals surface area contributed by atoms with Gasteiger partial charge < -0.3 is 4.12 Å². The standard InChI is InChI=1S/C5H15BrOSi2/c1-8(5-6)7-9(2,3)4/h8H,5H2,1-4H3. The van der Waals surface area contributed by atoms with Gasteiger partial charge in [0.2, 0.25) is 0 Å². The largest absolute Gasteiger partial charge is 0.457 e. The molecule has 0 saturated heterocycles. The highest BCUT2D eigenvalue weighted by atomic mass is 79.9. The normalized spacial score (nSPS) is 15.7. The molecule has 1 unspecified atom stereocenters. The zero-order valence-corrected chi connectivity index (χ0v) is 10.3. The Balaban J connectivity index is 3.47. The molecule has 0 aliphatic carbocycles. The smallest absolute Gasteiger partial charge is 0.170 e. The van der Waals surface area contributed by atoms with Crippen molar-refractivity contribution >= 4 is 33.3 Å². The summed E-state index contributed by atoms with van der Waals surface area (Å²) in [6.45, 7) is 8.94. The summed E-state index contributed by atoms with van der Waals surface area (Å²) >= 11 is 3.43. The predicted octanol–water partition coefficient (Wildman–Crippen LogP) is 2.13. The van der Waals surface area contributed by atoms with Crippen LogP contribution < -0.4 is 0 Å². The molecule has 0 aliphatic rings. The third-order valence-corrected chi connectivity index (χ3v) is 8.38. The van der Waals surface area contributed by atoms with Gasteiger partial charge in [0.1, 0.15) is 0 Å². The van der Waals surface area contributed by atoms with Gasteiger partial charge in [-0.3, -0.25) is 0 Å². The van der Waals surface area contributed by atoms with E-state index in [9.17, 15) is 0 Å². The van der Waals surface area contributed by atoms with Crippen molar-refractivity contribution in [3.63, 3.8) is 0 Å². The van der Waals surface area contributed by atoms with Crippen LogP contribution in [0.3, 0.4) is 0 Å². The second-order valence-corrected chi connectivity index (χ2v) is 12.2. The molecule has 0 rings (SSSR count). The zero-order chi connectivity index (χ0) is 7.49. The lowest BCUT2D eigenvalue weighted by atomic mass is 11.8. The number of alkyl halides is 1. The molecule has 0 spiro atoms. The summed E-state index contributed by atoms with van der Waals surface area (Å²) in [5.41, 5.74) is 0. The van der Waals surface area contributed by atoms with Gasteiger partial charge in [0.15, 0.2) is 17.4 Å². The van der Waals surface area contributed by atoms with E-state index in [0.29, 0.717) is 0 Å². The third kappa shape index (κ3) is 6.76. The lowest BCUT2D eigenvalue weighted by Crippen LogP contribution is -2.34. The molecule has 0 amide bonds. The molecule has 0 aromatic heterocycles. The highest BCUT2D eigenvalue weighted by Gasteiger charge is 2.17. The van der Waals surface area contributed by atoms with Crippen LogP contribution in [-0.2, 0) is 4.12 Å². The molecule has 1 atom stereocenters. The van der Waals surface area contributed by atoms with E-state index in [1.165, 1.54) is 0 Å². The van der Waals surface area contributed by atoms with Crippen molar-refractivity contribution in [2.45, 2.75) is 26.2 Å². The molecule has 0 bridgehead atoms. The fourth-order valence-electron chi connectivity index (χ4n) is 0.635. The third-order valence-electron chi connectivity index (χ3n) is 0.772. The highest BCUT2D eigenvalue weighted by molar-refractivity contribution is 9.09. The molecule has 0 aliphatic heterocycles. The molecule has 9 heavy (non-hydrogen) atoms. The molecule has 0 aromatic rings. The first-order valence-electron chi connectivity index (χ1n) is 3.19. The fourth-order valence-corrected chi connectivity index (χ4v) is 6.90. The molecule has 0 radical (unpaired) electrons. The molecule has 0 N–H and O–H groups in total. The van der Waals surface area contributed by atoms with Crippen LogP contribution in [0.1, 0.15) is 0 Å². The van der Waals surface area contributed by atoms with E-state index in [2.05, 4.69) is 42.1 Å². The van der Waals surface area contributed by atoms with E-state index in [-0.39, 0.29) is 0 Å². The maximum Gasteiger partial charge on any atom is 0.170 e. The molecule has 0 saturated carbocycles. The molecule has 56 valence electrons. The van der Waals surface area contributed by atoms with Gasteiger partial charge in [-0.15, -0.1) is 0 Å². The Kier molecular flexibility index (Phi) is 4.28. The first-order valence-corrected chi connectivity index (χ1v) is 10.2. The van der Waals surface area contributed by atoms with Crippen LogP contribution in [0.5, 0.6) is 0 Å². The second kappa shape index (κ2) is 3.90. The Morgan fingerprint density at radius 2 is 1.89 bits per heavy atom. The minimum atomic E-state index is -1.21. The molecule has 0 fully saturated rings. The predicted molar refractivity (Wildman–Crippen MR) is 51.2 cm³/mol. The van der Waals surface area contributed by atoms with Crippen LogP contribution in [-0.4, -0.2) is 22.3 Å². The van der Waals surface area contributed by atoms with Crippen molar-refractivity contribution in [2.75, 3.05) is 4.95 Å². The Labute approximate surface area is 68.8 Å². The number of halogens is 1. The van der Waals surface area contributed by atoms with Crippen LogP contribution >= 0.6 is 15.9 Å². The van der Waals surface area contributed by atoms with Gasteiger partial charge >= 0.3 is 0 Å². The summed E-state index contributed by atoms with van der Waals surface area (Å²) in [6.07, 6.45) is 0. The summed E-state index contributed by atoms with van der Waals surface area (Å²) in [5.74, 6) is 0. The van der Waals surface area contributed by atoms with E-state index in [0.717, 1.165) is 4.95 Å².